The first-order valence-corrected chi connectivity index (χ1v) is 8.00. The zero-order valence-electron chi connectivity index (χ0n) is 15.5. The number of para-hydroxylation sites is 1. The van der Waals surface area contributed by atoms with Gasteiger partial charge in [-0.3, -0.25) is 9.59 Å². The molecule has 0 saturated heterocycles. The number of benzene rings is 2. The number of aryl methyl sites for hydroxylation is 1. The van der Waals surface area contributed by atoms with Crippen LogP contribution >= 0.6 is 0 Å². The standard InChI is InChI=1S/C19H21N3O5/c1-12-7-5-6-8-14(12)21-18(23)19(24)22-20-11-13-9-10-15(25-2)17(27-4)16(13)26-3/h5-11H,1-4H3,(H,21,23)(H,22,24)/b20-11+. The van der Waals surface area contributed by atoms with Gasteiger partial charge < -0.3 is 19.5 Å². The number of ether oxygens (including phenoxy) is 3. The Bertz CT molecular complexity index is 864. The molecule has 0 saturated carbocycles. The molecule has 0 atom stereocenters. The quantitative estimate of drug-likeness (QED) is 0.460. The van der Waals surface area contributed by atoms with Crippen molar-refractivity contribution in [3.8, 4) is 17.2 Å². The van der Waals surface area contributed by atoms with Gasteiger partial charge in [-0.15, -0.1) is 0 Å². The molecule has 0 aliphatic heterocycles. The second-order valence-electron chi connectivity index (χ2n) is 5.39. The minimum Gasteiger partial charge on any atom is -0.493 e. The number of amides is 2. The molecule has 0 aliphatic carbocycles. The number of carbonyl (C=O) groups is 2. The number of nitrogens with one attached hydrogen (secondary N) is 2. The Morgan fingerprint density at radius 1 is 0.926 bits per heavy atom. The molecule has 8 nitrogen and oxygen atoms in total. The van der Waals surface area contributed by atoms with Crippen LogP contribution in [0.2, 0.25) is 0 Å². The normalized spacial score (nSPS) is 10.4. The summed E-state index contributed by atoms with van der Waals surface area (Å²) >= 11 is 0. The van der Waals surface area contributed by atoms with Crippen molar-refractivity contribution in [1.82, 2.24) is 5.43 Å². The molecular formula is C19H21N3O5. The Balaban J connectivity index is 2.07. The molecule has 2 aromatic carbocycles. The van der Waals surface area contributed by atoms with Gasteiger partial charge in [-0.25, -0.2) is 5.43 Å². The van der Waals surface area contributed by atoms with E-state index in [2.05, 4.69) is 15.8 Å². The molecule has 0 aliphatic rings. The monoisotopic (exact) mass is 371 g/mol. The molecule has 2 rings (SSSR count). The first-order valence-electron chi connectivity index (χ1n) is 8.00. The lowest BCUT2D eigenvalue weighted by molar-refractivity contribution is -0.136. The summed E-state index contributed by atoms with van der Waals surface area (Å²) in [5.41, 5.74) is 4.12. The van der Waals surface area contributed by atoms with Crippen LogP contribution in [0.5, 0.6) is 17.2 Å². The van der Waals surface area contributed by atoms with Crippen LogP contribution in [0.15, 0.2) is 41.5 Å². The Kier molecular flexibility index (Phi) is 6.76. The van der Waals surface area contributed by atoms with Gasteiger partial charge in [-0.2, -0.15) is 5.10 Å². The van der Waals surface area contributed by atoms with Crippen molar-refractivity contribution in [1.29, 1.82) is 0 Å². The van der Waals surface area contributed by atoms with Gasteiger partial charge in [0.25, 0.3) is 0 Å². The first-order chi connectivity index (χ1) is 13.0. The van der Waals surface area contributed by atoms with E-state index in [1.54, 1.807) is 24.3 Å². The summed E-state index contributed by atoms with van der Waals surface area (Å²) in [7, 11) is 4.47. The second-order valence-corrected chi connectivity index (χ2v) is 5.39. The highest BCUT2D eigenvalue weighted by atomic mass is 16.5. The number of anilines is 1. The Morgan fingerprint density at radius 3 is 2.26 bits per heavy atom. The van der Waals surface area contributed by atoms with Gasteiger partial charge in [0, 0.05) is 11.3 Å². The molecular weight excluding hydrogens is 350 g/mol. The van der Waals surface area contributed by atoms with E-state index in [1.807, 2.05) is 19.1 Å². The third-order valence-corrected chi connectivity index (χ3v) is 3.70. The van der Waals surface area contributed by atoms with E-state index >= 15 is 0 Å². The third kappa shape index (κ3) is 4.75. The van der Waals surface area contributed by atoms with Crippen molar-refractivity contribution in [3.63, 3.8) is 0 Å². The molecule has 2 aromatic rings. The zero-order chi connectivity index (χ0) is 19.8. The summed E-state index contributed by atoms with van der Waals surface area (Å²) in [5.74, 6) is -0.436. The van der Waals surface area contributed by atoms with Crippen molar-refractivity contribution in [2.75, 3.05) is 26.6 Å². The molecule has 0 fully saturated rings. The Hall–Kier alpha value is -3.55. The molecule has 0 unspecified atom stereocenters. The molecule has 2 N–H and O–H groups in total. The molecule has 0 spiro atoms. The van der Waals surface area contributed by atoms with E-state index in [0.717, 1.165) is 5.56 Å². The topological polar surface area (TPSA) is 98.2 Å². The minimum absolute atomic E-state index is 0.388. The molecule has 8 heteroatoms. The van der Waals surface area contributed by atoms with Crippen LogP contribution in [0.3, 0.4) is 0 Å². The van der Waals surface area contributed by atoms with Crippen LogP contribution in [-0.4, -0.2) is 39.4 Å². The third-order valence-electron chi connectivity index (χ3n) is 3.70. The minimum atomic E-state index is -0.894. The molecule has 0 bridgehead atoms. The average molecular weight is 371 g/mol. The van der Waals surface area contributed by atoms with Crippen molar-refractivity contribution >= 4 is 23.7 Å². The number of nitrogens with zero attached hydrogens (tertiary/aromatic N) is 1. The van der Waals surface area contributed by atoms with Crippen LogP contribution in [-0.2, 0) is 9.59 Å². The Morgan fingerprint density at radius 2 is 1.63 bits per heavy atom. The SMILES string of the molecule is COc1ccc(/C=N/NC(=O)C(=O)Nc2ccccc2C)c(OC)c1OC. The fourth-order valence-corrected chi connectivity index (χ4v) is 2.33. The highest BCUT2D eigenvalue weighted by Crippen LogP contribution is 2.38. The predicted octanol–water partition coefficient (Wildman–Crippen LogP) is 2.11. The van der Waals surface area contributed by atoms with E-state index in [4.69, 9.17) is 14.2 Å². The number of methoxy groups -OCH3 is 3. The zero-order valence-corrected chi connectivity index (χ0v) is 15.5. The first kappa shape index (κ1) is 19.8. The highest BCUT2D eigenvalue weighted by Gasteiger charge is 2.16. The summed E-state index contributed by atoms with van der Waals surface area (Å²) in [5, 5.41) is 6.33. The summed E-state index contributed by atoms with van der Waals surface area (Å²) < 4.78 is 15.8. The van der Waals surface area contributed by atoms with Gasteiger partial charge in [0.2, 0.25) is 5.75 Å². The predicted molar refractivity (Wildman–Crippen MR) is 102 cm³/mol. The van der Waals surface area contributed by atoms with Gasteiger partial charge >= 0.3 is 11.8 Å². The number of hydrogen-bond acceptors (Lipinski definition) is 6. The smallest absolute Gasteiger partial charge is 0.329 e. The number of hydrazone groups is 1. The summed E-state index contributed by atoms with van der Waals surface area (Å²) in [6, 6.07) is 10.5. The summed E-state index contributed by atoms with van der Waals surface area (Å²) in [6.45, 7) is 1.83. The number of hydrogen-bond donors (Lipinski definition) is 2. The van der Waals surface area contributed by atoms with Gasteiger partial charge in [0.05, 0.1) is 27.5 Å². The molecule has 0 aromatic heterocycles. The maximum atomic E-state index is 12.0. The van der Waals surface area contributed by atoms with Crippen LogP contribution in [0, 0.1) is 6.92 Å². The number of rotatable bonds is 6. The van der Waals surface area contributed by atoms with E-state index in [1.165, 1.54) is 27.5 Å². The maximum Gasteiger partial charge on any atom is 0.329 e. The van der Waals surface area contributed by atoms with E-state index in [9.17, 15) is 9.59 Å². The lowest BCUT2D eigenvalue weighted by Crippen LogP contribution is -2.32. The van der Waals surface area contributed by atoms with Gasteiger partial charge in [0.1, 0.15) is 0 Å². The van der Waals surface area contributed by atoms with Crippen molar-refractivity contribution in [2.45, 2.75) is 6.92 Å². The van der Waals surface area contributed by atoms with E-state index in [0.29, 0.717) is 28.5 Å². The maximum absolute atomic E-state index is 12.0. The molecule has 0 radical (unpaired) electrons. The highest BCUT2D eigenvalue weighted by molar-refractivity contribution is 6.39. The lowest BCUT2D eigenvalue weighted by Gasteiger charge is -2.13. The fraction of sp³-hybridized carbons (Fsp3) is 0.211. The van der Waals surface area contributed by atoms with Gasteiger partial charge in [-0.1, -0.05) is 18.2 Å². The molecule has 142 valence electrons. The van der Waals surface area contributed by atoms with Crippen LogP contribution in [0.4, 0.5) is 5.69 Å². The summed E-state index contributed by atoms with van der Waals surface area (Å²) in [4.78, 5) is 23.9. The van der Waals surface area contributed by atoms with Crippen LogP contribution in [0.1, 0.15) is 11.1 Å². The van der Waals surface area contributed by atoms with Crippen LogP contribution < -0.4 is 25.0 Å². The van der Waals surface area contributed by atoms with Crippen molar-refractivity contribution in [2.24, 2.45) is 5.10 Å². The number of carbonyl (C=O) groups excluding carboxylic acids is 2. The fourth-order valence-electron chi connectivity index (χ4n) is 2.33. The second kappa shape index (κ2) is 9.23. The average Bonchev–Trinajstić information content (AvgIpc) is 2.68. The largest absolute Gasteiger partial charge is 0.493 e. The Labute approximate surface area is 157 Å². The van der Waals surface area contributed by atoms with Gasteiger partial charge in [0.15, 0.2) is 11.5 Å². The molecule has 27 heavy (non-hydrogen) atoms. The van der Waals surface area contributed by atoms with E-state index < -0.39 is 11.8 Å². The molecule has 0 heterocycles. The molecule has 2 amide bonds. The lowest BCUT2D eigenvalue weighted by atomic mass is 10.2. The van der Waals surface area contributed by atoms with Crippen molar-refractivity contribution < 1.29 is 23.8 Å². The van der Waals surface area contributed by atoms with Crippen molar-refractivity contribution in [3.05, 3.63) is 47.5 Å². The van der Waals surface area contributed by atoms with E-state index in [-0.39, 0.29) is 0 Å². The van der Waals surface area contributed by atoms with Crippen LogP contribution in [0.25, 0.3) is 0 Å². The van der Waals surface area contributed by atoms with Gasteiger partial charge in [-0.05, 0) is 30.7 Å². The summed E-state index contributed by atoms with van der Waals surface area (Å²) in [6.07, 6.45) is 1.35.